The maximum Gasteiger partial charge on any atom is 0.411 e. The molecular formula is C22H22N4O4. The Bertz CT molecular complexity index is 1070. The number of benzene rings is 2. The van der Waals surface area contributed by atoms with Crippen LogP contribution in [0.2, 0.25) is 0 Å². The Labute approximate surface area is 173 Å². The summed E-state index contributed by atoms with van der Waals surface area (Å²) < 4.78 is 10.4. The van der Waals surface area contributed by atoms with Gasteiger partial charge in [-0.15, -0.1) is 0 Å². The number of aromatic nitrogens is 2. The van der Waals surface area contributed by atoms with Crippen LogP contribution < -0.4 is 0 Å². The first-order valence-corrected chi connectivity index (χ1v) is 10.2. The summed E-state index contributed by atoms with van der Waals surface area (Å²) in [5.74, 6) is -0.0439. The number of hydrogen-bond acceptors (Lipinski definition) is 6. The monoisotopic (exact) mass is 406 g/mol. The average molecular weight is 406 g/mol. The van der Waals surface area contributed by atoms with E-state index in [4.69, 9.17) is 9.37 Å². The van der Waals surface area contributed by atoms with Crippen molar-refractivity contribution in [1.29, 1.82) is 0 Å². The van der Waals surface area contributed by atoms with Crippen LogP contribution in [0, 0.1) is 0 Å². The van der Waals surface area contributed by atoms with Gasteiger partial charge in [-0.05, 0) is 53.8 Å². The van der Waals surface area contributed by atoms with Crippen molar-refractivity contribution in [3.8, 4) is 0 Å². The number of nitrogens with zero attached hydrogens (tertiary/aromatic N) is 4. The molecule has 5 rings (SSSR count). The zero-order chi connectivity index (χ0) is 20.7. The van der Waals surface area contributed by atoms with Crippen molar-refractivity contribution in [1.82, 2.24) is 20.1 Å². The van der Waals surface area contributed by atoms with E-state index in [9.17, 15) is 9.59 Å². The van der Waals surface area contributed by atoms with E-state index in [1.165, 1.54) is 0 Å². The first kappa shape index (κ1) is 18.6. The van der Waals surface area contributed by atoms with Gasteiger partial charge < -0.3 is 9.64 Å². The standard InChI is InChI=1S/C22H22N4O4/c1-14-20(15-5-3-2-4-6-15)29-22(28)26(14)17-9-11-25(12-10-17)21(27)16-7-8-18-19(13-16)24-30-23-18/h2-8,13-14,17,20H,9-12H2,1H3/t14-,20-/m1/s1. The Morgan fingerprint density at radius 2 is 1.77 bits per heavy atom. The molecule has 2 amide bonds. The summed E-state index contributed by atoms with van der Waals surface area (Å²) in [6.07, 6.45) is 0.909. The minimum absolute atomic E-state index is 0.0439. The lowest BCUT2D eigenvalue weighted by Crippen LogP contribution is -2.49. The Morgan fingerprint density at radius 1 is 1.03 bits per heavy atom. The van der Waals surface area contributed by atoms with E-state index in [2.05, 4.69) is 10.3 Å². The predicted octanol–water partition coefficient (Wildman–Crippen LogP) is 3.41. The number of hydrogen-bond donors (Lipinski definition) is 0. The maximum absolute atomic E-state index is 12.9. The highest BCUT2D eigenvalue weighted by Gasteiger charge is 2.44. The van der Waals surface area contributed by atoms with Crippen molar-refractivity contribution in [3.05, 3.63) is 59.7 Å². The van der Waals surface area contributed by atoms with E-state index in [0.29, 0.717) is 29.7 Å². The van der Waals surface area contributed by atoms with Crippen LogP contribution in [0.25, 0.3) is 11.0 Å². The lowest BCUT2D eigenvalue weighted by atomic mass is 9.98. The minimum atomic E-state index is -0.273. The molecular weight excluding hydrogens is 384 g/mol. The molecule has 8 heteroatoms. The van der Waals surface area contributed by atoms with Gasteiger partial charge in [0.2, 0.25) is 0 Å². The van der Waals surface area contributed by atoms with Crippen molar-refractivity contribution in [2.45, 2.75) is 38.0 Å². The number of amides is 2. The molecule has 2 aromatic carbocycles. The second-order valence-electron chi connectivity index (χ2n) is 7.85. The lowest BCUT2D eigenvalue weighted by Gasteiger charge is -2.37. The fourth-order valence-electron chi connectivity index (χ4n) is 4.50. The first-order valence-electron chi connectivity index (χ1n) is 10.2. The third kappa shape index (κ3) is 3.18. The molecule has 30 heavy (non-hydrogen) atoms. The van der Waals surface area contributed by atoms with E-state index < -0.39 is 0 Å². The number of fused-ring (bicyclic) bond motifs is 1. The molecule has 2 atom stereocenters. The largest absolute Gasteiger partial charge is 0.439 e. The van der Waals surface area contributed by atoms with Gasteiger partial charge in [-0.3, -0.25) is 9.69 Å². The normalized spacial score (nSPS) is 22.5. The highest BCUT2D eigenvalue weighted by molar-refractivity contribution is 5.97. The van der Waals surface area contributed by atoms with E-state index in [-0.39, 0.29) is 30.2 Å². The summed E-state index contributed by atoms with van der Waals surface area (Å²) in [4.78, 5) is 29.2. The molecule has 0 bridgehead atoms. The van der Waals surface area contributed by atoms with E-state index in [0.717, 1.165) is 18.4 Å². The molecule has 2 fully saturated rings. The summed E-state index contributed by atoms with van der Waals surface area (Å²) in [5.41, 5.74) is 2.76. The third-order valence-corrected chi connectivity index (χ3v) is 6.09. The number of cyclic esters (lactones) is 1. The fraction of sp³-hybridized carbons (Fsp3) is 0.364. The summed E-state index contributed by atoms with van der Waals surface area (Å²) in [6, 6.07) is 15.0. The molecule has 2 aliphatic heterocycles. The van der Waals surface area contributed by atoms with Gasteiger partial charge in [-0.1, -0.05) is 30.3 Å². The number of piperidine rings is 1. The van der Waals surface area contributed by atoms with Gasteiger partial charge in [-0.2, -0.15) is 0 Å². The molecule has 154 valence electrons. The molecule has 3 aromatic rings. The Hall–Kier alpha value is -3.42. The smallest absolute Gasteiger partial charge is 0.411 e. The Balaban J connectivity index is 1.25. The molecule has 8 nitrogen and oxygen atoms in total. The summed E-state index contributed by atoms with van der Waals surface area (Å²) >= 11 is 0. The van der Waals surface area contributed by atoms with Crippen LogP contribution in [0.3, 0.4) is 0 Å². The topological polar surface area (TPSA) is 88.8 Å². The van der Waals surface area contributed by atoms with Crippen LogP contribution in [0.1, 0.15) is 41.8 Å². The van der Waals surface area contributed by atoms with Gasteiger partial charge >= 0.3 is 6.09 Å². The molecule has 0 radical (unpaired) electrons. The minimum Gasteiger partial charge on any atom is -0.439 e. The predicted molar refractivity (Wildman–Crippen MR) is 108 cm³/mol. The van der Waals surface area contributed by atoms with Gasteiger partial charge in [0, 0.05) is 24.7 Å². The van der Waals surface area contributed by atoms with Gasteiger partial charge in [0.1, 0.15) is 17.1 Å². The van der Waals surface area contributed by atoms with Gasteiger partial charge in [0.15, 0.2) is 0 Å². The van der Waals surface area contributed by atoms with Crippen LogP contribution in [0.5, 0.6) is 0 Å². The van der Waals surface area contributed by atoms with Crippen molar-refractivity contribution in [2.75, 3.05) is 13.1 Å². The lowest BCUT2D eigenvalue weighted by molar-refractivity contribution is 0.0640. The van der Waals surface area contributed by atoms with Crippen molar-refractivity contribution in [3.63, 3.8) is 0 Å². The van der Waals surface area contributed by atoms with Crippen LogP contribution in [-0.4, -0.2) is 57.3 Å². The van der Waals surface area contributed by atoms with Gasteiger partial charge in [0.05, 0.1) is 6.04 Å². The van der Waals surface area contributed by atoms with Crippen LogP contribution in [-0.2, 0) is 4.74 Å². The van der Waals surface area contributed by atoms with Gasteiger partial charge in [0.25, 0.3) is 5.91 Å². The number of rotatable bonds is 3. The number of ether oxygens (including phenoxy) is 1. The highest BCUT2D eigenvalue weighted by Crippen LogP contribution is 2.35. The maximum atomic E-state index is 12.9. The molecule has 3 heterocycles. The number of likely N-dealkylation sites (tertiary alicyclic amines) is 1. The molecule has 1 aromatic heterocycles. The third-order valence-electron chi connectivity index (χ3n) is 6.09. The average Bonchev–Trinajstić information content (AvgIpc) is 3.37. The first-order chi connectivity index (χ1) is 14.6. The number of carbonyl (C=O) groups is 2. The zero-order valence-corrected chi connectivity index (χ0v) is 16.6. The Kier molecular flexibility index (Phi) is 4.61. The van der Waals surface area contributed by atoms with E-state index >= 15 is 0 Å². The molecule has 0 spiro atoms. The highest BCUT2D eigenvalue weighted by atomic mass is 16.6. The molecule has 0 N–H and O–H groups in total. The fourth-order valence-corrected chi connectivity index (χ4v) is 4.50. The zero-order valence-electron chi connectivity index (χ0n) is 16.6. The van der Waals surface area contributed by atoms with Gasteiger partial charge in [-0.25, -0.2) is 9.42 Å². The van der Waals surface area contributed by atoms with E-state index in [1.807, 2.05) is 47.1 Å². The SMILES string of the molecule is C[C@@H]1[C@H](c2ccccc2)OC(=O)N1C1CCN(C(=O)c2ccc3nonc3c2)CC1. The van der Waals surface area contributed by atoms with Crippen LogP contribution >= 0.6 is 0 Å². The van der Waals surface area contributed by atoms with E-state index in [1.54, 1.807) is 18.2 Å². The molecule has 2 saturated heterocycles. The van der Waals surface area contributed by atoms with Crippen molar-refractivity contribution in [2.24, 2.45) is 0 Å². The number of carbonyl (C=O) groups excluding carboxylic acids is 2. The second kappa shape index (κ2) is 7.44. The van der Waals surface area contributed by atoms with Crippen LogP contribution in [0.15, 0.2) is 53.2 Å². The summed E-state index contributed by atoms with van der Waals surface area (Å²) in [6.45, 7) is 3.21. The molecule has 0 saturated carbocycles. The van der Waals surface area contributed by atoms with Crippen molar-refractivity contribution < 1.29 is 19.0 Å². The quantitative estimate of drug-likeness (QED) is 0.662. The Morgan fingerprint density at radius 3 is 2.53 bits per heavy atom. The second-order valence-corrected chi connectivity index (χ2v) is 7.85. The molecule has 0 unspecified atom stereocenters. The van der Waals surface area contributed by atoms with Crippen molar-refractivity contribution >= 4 is 23.0 Å². The summed E-state index contributed by atoms with van der Waals surface area (Å²) in [5, 5.41) is 7.57. The molecule has 0 aliphatic carbocycles. The van der Waals surface area contributed by atoms with Crippen LogP contribution in [0.4, 0.5) is 4.79 Å². The summed E-state index contributed by atoms with van der Waals surface area (Å²) in [7, 11) is 0. The molecule has 2 aliphatic rings.